The molecule has 2 aromatic rings. The van der Waals surface area contributed by atoms with Crippen LogP contribution in [0.25, 0.3) is 0 Å². The second kappa shape index (κ2) is 4.96. The maximum Gasteiger partial charge on any atom is 0.255 e. The van der Waals surface area contributed by atoms with Crippen LogP contribution in [0.4, 0.5) is 14.5 Å². The Labute approximate surface area is 103 Å². The number of rotatable bonds is 2. The van der Waals surface area contributed by atoms with E-state index in [1.54, 1.807) is 12.1 Å². The monoisotopic (exact) mass is 247 g/mol. The van der Waals surface area contributed by atoms with Crippen LogP contribution in [0, 0.1) is 18.6 Å². The van der Waals surface area contributed by atoms with Crippen LogP contribution < -0.4 is 5.32 Å². The fourth-order valence-corrected chi connectivity index (χ4v) is 1.59. The molecule has 0 aliphatic carbocycles. The van der Waals surface area contributed by atoms with Gasteiger partial charge in [0.2, 0.25) is 0 Å². The van der Waals surface area contributed by atoms with Crippen LogP contribution in [0.2, 0.25) is 0 Å². The van der Waals surface area contributed by atoms with E-state index >= 15 is 0 Å². The van der Waals surface area contributed by atoms with Gasteiger partial charge < -0.3 is 5.32 Å². The SMILES string of the molecule is Cc1ccccc1NC(=O)c1cc(F)cc(F)c1. The van der Waals surface area contributed by atoms with E-state index in [0.717, 1.165) is 23.8 Å². The molecule has 2 rings (SSSR count). The summed E-state index contributed by atoms with van der Waals surface area (Å²) >= 11 is 0. The van der Waals surface area contributed by atoms with Crippen LogP contribution in [0.3, 0.4) is 0 Å². The van der Waals surface area contributed by atoms with E-state index in [0.29, 0.717) is 5.69 Å². The van der Waals surface area contributed by atoms with E-state index < -0.39 is 17.5 Å². The summed E-state index contributed by atoms with van der Waals surface area (Å²) in [6.45, 7) is 1.84. The van der Waals surface area contributed by atoms with Gasteiger partial charge in [0.1, 0.15) is 11.6 Å². The molecule has 1 amide bonds. The van der Waals surface area contributed by atoms with Gasteiger partial charge in [-0.2, -0.15) is 0 Å². The molecule has 0 spiro atoms. The van der Waals surface area contributed by atoms with E-state index in [1.165, 1.54) is 0 Å². The quantitative estimate of drug-likeness (QED) is 0.864. The summed E-state index contributed by atoms with van der Waals surface area (Å²) in [7, 11) is 0. The average molecular weight is 247 g/mol. The molecule has 2 aromatic carbocycles. The van der Waals surface area contributed by atoms with Gasteiger partial charge in [-0.25, -0.2) is 8.78 Å². The van der Waals surface area contributed by atoms with Crippen molar-refractivity contribution in [2.75, 3.05) is 5.32 Å². The number of anilines is 1. The molecule has 0 aliphatic rings. The van der Waals surface area contributed by atoms with Gasteiger partial charge in [0.15, 0.2) is 0 Å². The summed E-state index contributed by atoms with van der Waals surface area (Å²) in [5.41, 5.74) is 1.45. The summed E-state index contributed by atoms with van der Waals surface area (Å²) in [4.78, 5) is 11.8. The smallest absolute Gasteiger partial charge is 0.255 e. The number of hydrogen-bond donors (Lipinski definition) is 1. The third kappa shape index (κ3) is 2.71. The summed E-state index contributed by atoms with van der Waals surface area (Å²) in [5.74, 6) is -2.09. The summed E-state index contributed by atoms with van der Waals surface area (Å²) < 4.78 is 26.0. The molecule has 0 saturated heterocycles. The van der Waals surface area contributed by atoms with Crippen LogP contribution in [0.1, 0.15) is 15.9 Å². The lowest BCUT2D eigenvalue weighted by Gasteiger charge is -2.08. The second-order valence-corrected chi connectivity index (χ2v) is 3.93. The largest absolute Gasteiger partial charge is 0.322 e. The molecule has 0 unspecified atom stereocenters. The van der Waals surface area contributed by atoms with Gasteiger partial charge in [0.05, 0.1) is 0 Å². The van der Waals surface area contributed by atoms with Crippen molar-refractivity contribution in [2.24, 2.45) is 0 Å². The number of benzene rings is 2. The first kappa shape index (κ1) is 12.2. The molecule has 0 aliphatic heterocycles. The number of hydrogen-bond acceptors (Lipinski definition) is 1. The first-order chi connectivity index (χ1) is 8.56. The zero-order valence-electron chi connectivity index (χ0n) is 9.71. The highest BCUT2D eigenvalue weighted by molar-refractivity contribution is 6.04. The van der Waals surface area contributed by atoms with Gasteiger partial charge in [-0.05, 0) is 30.7 Å². The lowest BCUT2D eigenvalue weighted by Crippen LogP contribution is -2.13. The van der Waals surface area contributed by atoms with E-state index in [2.05, 4.69) is 5.32 Å². The number of nitrogens with one attached hydrogen (secondary N) is 1. The number of para-hydroxylation sites is 1. The minimum absolute atomic E-state index is 0.0456. The normalized spacial score (nSPS) is 10.2. The third-order valence-corrected chi connectivity index (χ3v) is 2.52. The van der Waals surface area contributed by atoms with Crippen LogP contribution in [-0.2, 0) is 0 Å². The molecule has 0 radical (unpaired) electrons. The molecule has 1 N–H and O–H groups in total. The Morgan fingerprint density at radius 3 is 2.28 bits per heavy atom. The summed E-state index contributed by atoms with van der Waals surface area (Å²) in [6, 6.07) is 9.89. The standard InChI is InChI=1S/C14H11F2NO/c1-9-4-2-3-5-13(9)17-14(18)10-6-11(15)8-12(16)7-10/h2-8H,1H3,(H,17,18). The minimum Gasteiger partial charge on any atom is -0.322 e. The molecule has 0 saturated carbocycles. The predicted octanol–water partition coefficient (Wildman–Crippen LogP) is 3.53. The Hall–Kier alpha value is -2.23. The lowest BCUT2D eigenvalue weighted by molar-refractivity contribution is 0.102. The molecular weight excluding hydrogens is 236 g/mol. The Kier molecular flexibility index (Phi) is 3.37. The van der Waals surface area contributed by atoms with Gasteiger partial charge in [0.25, 0.3) is 5.91 Å². The van der Waals surface area contributed by atoms with Gasteiger partial charge >= 0.3 is 0 Å². The van der Waals surface area contributed by atoms with Gasteiger partial charge in [-0.1, -0.05) is 18.2 Å². The van der Waals surface area contributed by atoms with Gasteiger partial charge in [0, 0.05) is 17.3 Å². The zero-order chi connectivity index (χ0) is 13.1. The van der Waals surface area contributed by atoms with E-state index in [1.807, 2.05) is 19.1 Å². The highest BCUT2D eigenvalue weighted by atomic mass is 19.1. The molecule has 0 fully saturated rings. The first-order valence-corrected chi connectivity index (χ1v) is 5.39. The van der Waals surface area contributed by atoms with Crippen molar-refractivity contribution in [3.05, 3.63) is 65.2 Å². The Bertz CT molecular complexity index is 576. The minimum atomic E-state index is -0.773. The van der Waals surface area contributed by atoms with E-state index in [-0.39, 0.29) is 5.56 Å². The lowest BCUT2D eigenvalue weighted by atomic mass is 10.1. The molecule has 4 heteroatoms. The van der Waals surface area contributed by atoms with Crippen molar-refractivity contribution in [3.8, 4) is 0 Å². The van der Waals surface area contributed by atoms with Crippen molar-refractivity contribution < 1.29 is 13.6 Å². The average Bonchev–Trinajstić information content (AvgIpc) is 2.31. The Morgan fingerprint density at radius 2 is 1.67 bits per heavy atom. The van der Waals surface area contributed by atoms with Crippen molar-refractivity contribution >= 4 is 11.6 Å². The maximum atomic E-state index is 13.0. The maximum absolute atomic E-state index is 13.0. The van der Waals surface area contributed by atoms with Crippen molar-refractivity contribution in [2.45, 2.75) is 6.92 Å². The van der Waals surface area contributed by atoms with Crippen LogP contribution in [0.5, 0.6) is 0 Å². The molecular formula is C14H11F2NO. The summed E-state index contributed by atoms with van der Waals surface area (Å²) in [6.07, 6.45) is 0. The second-order valence-electron chi connectivity index (χ2n) is 3.93. The Balaban J connectivity index is 2.25. The predicted molar refractivity (Wildman–Crippen MR) is 65.5 cm³/mol. The van der Waals surface area contributed by atoms with Crippen molar-refractivity contribution in [1.29, 1.82) is 0 Å². The van der Waals surface area contributed by atoms with Crippen molar-refractivity contribution in [3.63, 3.8) is 0 Å². The number of aryl methyl sites for hydroxylation is 1. The third-order valence-electron chi connectivity index (χ3n) is 2.52. The topological polar surface area (TPSA) is 29.1 Å². The molecule has 0 heterocycles. The fourth-order valence-electron chi connectivity index (χ4n) is 1.59. The molecule has 92 valence electrons. The zero-order valence-corrected chi connectivity index (χ0v) is 9.71. The number of amides is 1. The van der Waals surface area contributed by atoms with Gasteiger partial charge in [-0.3, -0.25) is 4.79 Å². The van der Waals surface area contributed by atoms with E-state index in [4.69, 9.17) is 0 Å². The van der Waals surface area contributed by atoms with Crippen LogP contribution >= 0.6 is 0 Å². The number of carbonyl (C=O) groups excluding carboxylic acids is 1. The molecule has 0 aromatic heterocycles. The van der Waals surface area contributed by atoms with Gasteiger partial charge in [-0.15, -0.1) is 0 Å². The molecule has 2 nitrogen and oxygen atoms in total. The Morgan fingerprint density at radius 1 is 1.06 bits per heavy atom. The number of carbonyl (C=O) groups is 1. The molecule has 18 heavy (non-hydrogen) atoms. The molecule has 0 bridgehead atoms. The van der Waals surface area contributed by atoms with Crippen molar-refractivity contribution in [1.82, 2.24) is 0 Å². The number of halogens is 2. The highest BCUT2D eigenvalue weighted by Crippen LogP contribution is 2.15. The van der Waals surface area contributed by atoms with Crippen LogP contribution in [0.15, 0.2) is 42.5 Å². The molecule has 0 atom stereocenters. The summed E-state index contributed by atoms with van der Waals surface area (Å²) in [5, 5.41) is 2.61. The van der Waals surface area contributed by atoms with Crippen LogP contribution in [-0.4, -0.2) is 5.91 Å². The highest BCUT2D eigenvalue weighted by Gasteiger charge is 2.10. The first-order valence-electron chi connectivity index (χ1n) is 5.39. The van der Waals surface area contributed by atoms with E-state index in [9.17, 15) is 13.6 Å². The fraction of sp³-hybridized carbons (Fsp3) is 0.0714.